The normalized spacial score (nSPS) is 20.2. The van der Waals surface area contributed by atoms with Crippen LogP contribution in [0.5, 0.6) is 0 Å². The molecule has 0 saturated carbocycles. The third-order valence-electron chi connectivity index (χ3n) is 3.25. The molecule has 1 atom stereocenters. The Morgan fingerprint density at radius 3 is 2.44 bits per heavy atom. The number of ether oxygens (including phenoxy) is 2. The summed E-state index contributed by atoms with van der Waals surface area (Å²) in [6, 6.07) is 0. The van der Waals surface area contributed by atoms with Crippen LogP contribution in [0.2, 0.25) is 0 Å². The molecule has 0 aliphatic carbocycles. The van der Waals surface area contributed by atoms with E-state index in [0.717, 1.165) is 6.42 Å². The Hall–Kier alpha value is -0.810. The van der Waals surface area contributed by atoms with Crippen LogP contribution in [0.3, 0.4) is 0 Å². The van der Waals surface area contributed by atoms with Crippen LogP contribution in [0, 0.1) is 5.92 Å². The maximum Gasteiger partial charge on any atom is 0.410 e. The van der Waals surface area contributed by atoms with Crippen LogP contribution in [0.15, 0.2) is 0 Å². The predicted molar refractivity (Wildman–Crippen MR) is 68.4 cm³/mol. The van der Waals surface area contributed by atoms with Crippen LogP contribution in [-0.2, 0) is 9.47 Å². The number of carbonyl (C=O) groups is 1. The molecule has 0 bridgehead atoms. The van der Waals surface area contributed by atoms with Gasteiger partial charge in [-0.2, -0.15) is 0 Å². The lowest BCUT2D eigenvalue weighted by molar-refractivity contribution is -0.131. The standard InChI is InChI=1S/C13H25NO4/c1-10(6-7-17-5)13(16)8-14(9-13)11(15)18-12(2,3)4/h10,16H,6-9H2,1-5H3. The van der Waals surface area contributed by atoms with Crippen LogP contribution < -0.4 is 0 Å². The van der Waals surface area contributed by atoms with Crippen LogP contribution in [0.1, 0.15) is 34.1 Å². The molecular formula is C13H25NO4. The minimum Gasteiger partial charge on any atom is -0.444 e. The monoisotopic (exact) mass is 259 g/mol. The van der Waals surface area contributed by atoms with E-state index in [4.69, 9.17) is 9.47 Å². The molecule has 0 aromatic carbocycles. The molecule has 1 heterocycles. The van der Waals surface area contributed by atoms with E-state index in [-0.39, 0.29) is 12.0 Å². The zero-order chi connectivity index (χ0) is 14.0. The quantitative estimate of drug-likeness (QED) is 0.834. The van der Waals surface area contributed by atoms with E-state index in [0.29, 0.717) is 19.7 Å². The summed E-state index contributed by atoms with van der Waals surface area (Å²) in [5.41, 5.74) is -1.29. The first-order chi connectivity index (χ1) is 8.18. The molecule has 5 nitrogen and oxygen atoms in total. The molecule has 0 radical (unpaired) electrons. The Kier molecular flexibility index (Phi) is 4.61. The number of amides is 1. The van der Waals surface area contributed by atoms with E-state index >= 15 is 0 Å². The Morgan fingerprint density at radius 1 is 1.44 bits per heavy atom. The molecule has 1 unspecified atom stereocenters. The summed E-state index contributed by atoms with van der Waals surface area (Å²) in [6.45, 7) is 8.77. The highest BCUT2D eigenvalue weighted by atomic mass is 16.6. The smallest absolute Gasteiger partial charge is 0.410 e. The summed E-state index contributed by atoms with van der Waals surface area (Å²) in [6.07, 6.45) is 0.431. The molecule has 1 amide bonds. The molecular weight excluding hydrogens is 234 g/mol. The van der Waals surface area contributed by atoms with E-state index < -0.39 is 11.2 Å². The van der Waals surface area contributed by atoms with Gasteiger partial charge in [-0.3, -0.25) is 0 Å². The first kappa shape index (κ1) is 15.2. The number of methoxy groups -OCH3 is 1. The highest BCUT2D eigenvalue weighted by molar-refractivity contribution is 5.69. The van der Waals surface area contributed by atoms with Gasteiger partial charge in [0.15, 0.2) is 0 Å². The molecule has 1 saturated heterocycles. The molecule has 1 rings (SSSR count). The molecule has 0 aromatic heterocycles. The molecule has 1 fully saturated rings. The number of carbonyl (C=O) groups excluding carboxylic acids is 1. The average Bonchev–Trinajstić information content (AvgIpc) is 2.18. The first-order valence-electron chi connectivity index (χ1n) is 6.37. The number of nitrogens with zero attached hydrogens (tertiary/aromatic N) is 1. The van der Waals surface area contributed by atoms with E-state index in [1.165, 1.54) is 4.90 Å². The molecule has 1 aliphatic heterocycles. The summed E-state index contributed by atoms with van der Waals surface area (Å²) in [5.74, 6) is 0.108. The maximum absolute atomic E-state index is 11.7. The Morgan fingerprint density at radius 2 is 2.00 bits per heavy atom. The van der Waals surface area contributed by atoms with Gasteiger partial charge in [0.05, 0.1) is 13.1 Å². The number of likely N-dealkylation sites (tertiary alicyclic amines) is 1. The number of aliphatic hydroxyl groups is 1. The number of hydrogen-bond donors (Lipinski definition) is 1. The van der Waals surface area contributed by atoms with Crippen molar-refractivity contribution in [1.82, 2.24) is 4.90 Å². The lowest BCUT2D eigenvalue weighted by Crippen LogP contribution is -2.67. The lowest BCUT2D eigenvalue weighted by Gasteiger charge is -2.49. The zero-order valence-electron chi connectivity index (χ0n) is 12.0. The van der Waals surface area contributed by atoms with Crippen molar-refractivity contribution in [2.24, 2.45) is 5.92 Å². The number of β-amino-alcohol motifs (C(OH)–C–C–N with tert-alkyl or cyclic N) is 1. The van der Waals surface area contributed by atoms with Gasteiger partial charge < -0.3 is 19.5 Å². The van der Waals surface area contributed by atoms with Crippen LogP contribution in [0.4, 0.5) is 4.79 Å². The minimum absolute atomic E-state index is 0.108. The second kappa shape index (κ2) is 5.45. The van der Waals surface area contributed by atoms with E-state index in [1.807, 2.05) is 27.7 Å². The third kappa shape index (κ3) is 3.85. The zero-order valence-corrected chi connectivity index (χ0v) is 12.0. The minimum atomic E-state index is -0.796. The van der Waals surface area contributed by atoms with Crippen molar-refractivity contribution in [3.05, 3.63) is 0 Å². The molecule has 18 heavy (non-hydrogen) atoms. The summed E-state index contributed by atoms with van der Waals surface area (Å²) < 4.78 is 10.2. The van der Waals surface area contributed by atoms with E-state index in [2.05, 4.69) is 0 Å². The Balaban J connectivity index is 2.40. The van der Waals surface area contributed by atoms with Crippen molar-refractivity contribution < 1.29 is 19.4 Å². The van der Waals surface area contributed by atoms with Crippen molar-refractivity contribution >= 4 is 6.09 Å². The highest BCUT2D eigenvalue weighted by Crippen LogP contribution is 2.31. The fourth-order valence-electron chi connectivity index (χ4n) is 1.95. The van der Waals surface area contributed by atoms with Gasteiger partial charge in [0, 0.05) is 13.7 Å². The van der Waals surface area contributed by atoms with Crippen molar-refractivity contribution in [1.29, 1.82) is 0 Å². The molecule has 1 aliphatic rings. The number of rotatable bonds is 4. The fraction of sp³-hybridized carbons (Fsp3) is 0.923. The number of hydrogen-bond acceptors (Lipinski definition) is 4. The lowest BCUT2D eigenvalue weighted by atomic mass is 9.80. The van der Waals surface area contributed by atoms with Crippen molar-refractivity contribution in [2.75, 3.05) is 26.8 Å². The summed E-state index contributed by atoms with van der Waals surface area (Å²) in [4.78, 5) is 13.3. The van der Waals surface area contributed by atoms with Gasteiger partial charge in [-0.25, -0.2) is 4.79 Å². The van der Waals surface area contributed by atoms with Crippen LogP contribution in [-0.4, -0.2) is 54.1 Å². The van der Waals surface area contributed by atoms with Crippen LogP contribution in [0.25, 0.3) is 0 Å². The Bertz CT molecular complexity index is 292. The van der Waals surface area contributed by atoms with Gasteiger partial charge in [-0.05, 0) is 33.1 Å². The highest BCUT2D eigenvalue weighted by Gasteiger charge is 2.48. The van der Waals surface area contributed by atoms with Crippen molar-refractivity contribution in [3.8, 4) is 0 Å². The molecule has 5 heteroatoms. The maximum atomic E-state index is 11.7. The largest absolute Gasteiger partial charge is 0.444 e. The van der Waals surface area contributed by atoms with E-state index in [1.54, 1.807) is 7.11 Å². The van der Waals surface area contributed by atoms with Gasteiger partial charge in [0.1, 0.15) is 11.2 Å². The summed E-state index contributed by atoms with van der Waals surface area (Å²) in [5, 5.41) is 10.3. The average molecular weight is 259 g/mol. The Labute approximate surface area is 109 Å². The second-order valence-electron chi connectivity index (χ2n) is 6.12. The van der Waals surface area contributed by atoms with Gasteiger partial charge in [-0.1, -0.05) is 6.92 Å². The van der Waals surface area contributed by atoms with Crippen molar-refractivity contribution in [2.45, 2.75) is 45.3 Å². The predicted octanol–water partition coefficient (Wildman–Crippen LogP) is 1.64. The first-order valence-corrected chi connectivity index (χ1v) is 6.37. The topological polar surface area (TPSA) is 59.0 Å². The van der Waals surface area contributed by atoms with Gasteiger partial charge >= 0.3 is 6.09 Å². The summed E-state index contributed by atoms with van der Waals surface area (Å²) in [7, 11) is 1.64. The SMILES string of the molecule is COCCC(C)C1(O)CN(C(=O)OC(C)(C)C)C1. The third-order valence-corrected chi connectivity index (χ3v) is 3.25. The molecule has 1 N–H and O–H groups in total. The van der Waals surface area contributed by atoms with Gasteiger partial charge in [0.2, 0.25) is 0 Å². The van der Waals surface area contributed by atoms with Crippen molar-refractivity contribution in [3.63, 3.8) is 0 Å². The molecule has 0 spiro atoms. The van der Waals surface area contributed by atoms with Gasteiger partial charge in [0.25, 0.3) is 0 Å². The van der Waals surface area contributed by atoms with Crippen LogP contribution >= 0.6 is 0 Å². The fourth-order valence-corrected chi connectivity index (χ4v) is 1.95. The summed E-state index contributed by atoms with van der Waals surface area (Å²) >= 11 is 0. The molecule has 0 aromatic rings. The van der Waals surface area contributed by atoms with Gasteiger partial charge in [-0.15, -0.1) is 0 Å². The van der Waals surface area contributed by atoms with E-state index in [9.17, 15) is 9.90 Å². The molecule has 106 valence electrons. The second-order valence-corrected chi connectivity index (χ2v) is 6.12.